The van der Waals surface area contributed by atoms with Crippen molar-refractivity contribution in [3.05, 3.63) is 34.3 Å². The molecule has 0 radical (unpaired) electrons. The van der Waals surface area contributed by atoms with Gasteiger partial charge >= 0.3 is 0 Å². The van der Waals surface area contributed by atoms with E-state index in [1.54, 1.807) is 6.21 Å². The van der Waals surface area contributed by atoms with Crippen LogP contribution >= 0.6 is 15.9 Å². The second kappa shape index (κ2) is 5.02. The summed E-state index contributed by atoms with van der Waals surface area (Å²) in [4.78, 5) is 5.05. The Labute approximate surface area is 86.7 Å². The molecule has 0 unspecified atom stereocenters. The Bertz CT molecular complexity index is 297. The Morgan fingerprint density at radius 3 is 2.69 bits per heavy atom. The van der Waals surface area contributed by atoms with Gasteiger partial charge in [-0.2, -0.15) is 0 Å². The molecule has 0 saturated carbocycles. The van der Waals surface area contributed by atoms with Crippen LogP contribution in [0.1, 0.15) is 19.4 Å². The molecule has 0 saturated heterocycles. The fourth-order valence-electron chi connectivity index (χ4n) is 0.789. The van der Waals surface area contributed by atoms with E-state index in [2.05, 4.69) is 21.1 Å². The standard InChI is InChI=1S/C10H12BrNO/c1-8(2)13-12-7-9-5-3-4-6-10(9)11/h3-8H,1-2H3. The van der Waals surface area contributed by atoms with Gasteiger partial charge in [-0.25, -0.2) is 0 Å². The molecular weight excluding hydrogens is 230 g/mol. The molecule has 0 heterocycles. The zero-order valence-corrected chi connectivity index (χ0v) is 9.28. The molecule has 0 amide bonds. The highest BCUT2D eigenvalue weighted by Gasteiger charge is 1.94. The second-order valence-corrected chi connectivity index (χ2v) is 3.76. The summed E-state index contributed by atoms with van der Waals surface area (Å²) in [5.74, 6) is 0. The van der Waals surface area contributed by atoms with E-state index < -0.39 is 0 Å². The van der Waals surface area contributed by atoms with Crippen LogP contribution in [0, 0.1) is 0 Å². The van der Waals surface area contributed by atoms with Crippen molar-refractivity contribution < 1.29 is 4.84 Å². The smallest absolute Gasteiger partial charge is 0.122 e. The highest BCUT2D eigenvalue weighted by atomic mass is 79.9. The Morgan fingerprint density at radius 2 is 2.08 bits per heavy atom. The van der Waals surface area contributed by atoms with Crippen LogP contribution in [0.2, 0.25) is 0 Å². The molecule has 1 rings (SSSR count). The highest BCUT2D eigenvalue weighted by Crippen LogP contribution is 2.13. The zero-order valence-electron chi connectivity index (χ0n) is 7.70. The van der Waals surface area contributed by atoms with E-state index in [0.29, 0.717) is 0 Å². The number of oxime groups is 1. The third kappa shape index (κ3) is 3.59. The number of hydrogen-bond donors (Lipinski definition) is 0. The maximum atomic E-state index is 5.05. The average Bonchev–Trinajstić information content (AvgIpc) is 2.08. The maximum absolute atomic E-state index is 5.05. The third-order valence-corrected chi connectivity index (χ3v) is 2.09. The summed E-state index contributed by atoms with van der Waals surface area (Å²) in [6.07, 6.45) is 1.82. The predicted octanol–water partition coefficient (Wildman–Crippen LogP) is 3.21. The van der Waals surface area contributed by atoms with Crippen LogP contribution in [0.15, 0.2) is 33.9 Å². The molecule has 0 aromatic heterocycles. The Morgan fingerprint density at radius 1 is 1.38 bits per heavy atom. The van der Waals surface area contributed by atoms with Crippen molar-refractivity contribution in [1.82, 2.24) is 0 Å². The Hall–Kier alpha value is -0.830. The lowest BCUT2D eigenvalue weighted by Crippen LogP contribution is -1.96. The molecule has 0 bridgehead atoms. The molecule has 0 spiro atoms. The summed E-state index contributed by atoms with van der Waals surface area (Å²) >= 11 is 3.42. The summed E-state index contributed by atoms with van der Waals surface area (Å²) < 4.78 is 1.02. The van der Waals surface area contributed by atoms with Crippen molar-refractivity contribution in [3.63, 3.8) is 0 Å². The monoisotopic (exact) mass is 241 g/mol. The molecule has 13 heavy (non-hydrogen) atoms. The van der Waals surface area contributed by atoms with Crippen LogP contribution in [0.5, 0.6) is 0 Å². The van der Waals surface area contributed by atoms with Crippen molar-refractivity contribution in [3.8, 4) is 0 Å². The number of hydrogen-bond acceptors (Lipinski definition) is 2. The van der Waals surface area contributed by atoms with Crippen LogP contribution in [0.4, 0.5) is 0 Å². The van der Waals surface area contributed by atoms with E-state index >= 15 is 0 Å². The van der Waals surface area contributed by atoms with E-state index in [1.165, 1.54) is 0 Å². The van der Waals surface area contributed by atoms with Gasteiger partial charge in [0.25, 0.3) is 0 Å². The van der Waals surface area contributed by atoms with Gasteiger partial charge < -0.3 is 4.84 Å². The first-order valence-corrected chi connectivity index (χ1v) is 4.93. The summed E-state index contributed by atoms with van der Waals surface area (Å²) in [5, 5.41) is 3.85. The molecule has 0 fully saturated rings. The lowest BCUT2D eigenvalue weighted by molar-refractivity contribution is 0.0873. The first kappa shape index (κ1) is 10.3. The largest absolute Gasteiger partial charge is 0.393 e. The van der Waals surface area contributed by atoms with E-state index in [9.17, 15) is 0 Å². The van der Waals surface area contributed by atoms with Gasteiger partial charge in [0.05, 0.1) is 6.21 Å². The van der Waals surface area contributed by atoms with Gasteiger partial charge in [-0.3, -0.25) is 0 Å². The maximum Gasteiger partial charge on any atom is 0.122 e. The second-order valence-electron chi connectivity index (χ2n) is 2.91. The van der Waals surface area contributed by atoms with Gasteiger partial charge in [-0.1, -0.05) is 39.3 Å². The molecule has 3 heteroatoms. The molecule has 2 nitrogen and oxygen atoms in total. The summed E-state index contributed by atoms with van der Waals surface area (Å²) in [6.45, 7) is 3.88. The zero-order chi connectivity index (χ0) is 9.68. The fourth-order valence-corrected chi connectivity index (χ4v) is 1.18. The SMILES string of the molecule is CC(C)ON=Cc1ccccc1Br. The van der Waals surface area contributed by atoms with Crippen molar-refractivity contribution in [1.29, 1.82) is 0 Å². The average molecular weight is 242 g/mol. The normalized spacial score (nSPS) is 11.1. The summed E-state index contributed by atoms with van der Waals surface area (Å²) in [5.41, 5.74) is 1.02. The van der Waals surface area contributed by atoms with Gasteiger partial charge in [-0.15, -0.1) is 0 Å². The van der Waals surface area contributed by atoms with Crippen molar-refractivity contribution in [2.24, 2.45) is 5.16 Å². The Kier molecular flexibility index (Phi) is 3.96. The molecule has 0 atom stereocenters. The number of benzene rings is 1. The molecule has 1 aromatic rings. The van der Waals surface area contributed by atoms with Crippen LogP contribution in [0.3, 0.4) is 0 Å². The highest BCUT2D eigenvalue weighted by molar-refractivity contribution is 9.10. The number of nitrogens with zero attached hydrogens (tertiary/aromatic N) is 1. The minimum Gasteiger partial charge on any atom is -0.393 e. The lowest BCUT2D eigenvalue weighted by Gasteiger charge is -2.01. The minimum absolute atomic E-state index is 0.124. The van der Waals surface area contributed by atoms with E-state index in [0.717, 1.165) is 10.0 Å². The quantitative estimate of drug-likeness (QED) is 0.589. The number of halogens is 1. The Balaban J connectivity index is 2.63. The van der Waals surface area contributed by atoms with E-state index in [1.807, 2.05) is 38.1 Å². The van der Waals surface area contributed by atoms with Gasteiger partial charge in [0.15, 0.2) is 0 Å². The first-order valence-electron chi connectivity index (χ1n) is 4.14. The molecule has 0 aliphatic heterocycles. The number of rotatable bonds is 3. The molecule has 0 N–H and O–H groups in total. The van der Waals surface area contributed by atoms with Gasteiger partial charge in [0, 0.05) is 10.0 Å². The van der Waals surface area contributed by atoms with Crippen molar-refractivity contribution >= 4 is 22.1 Å². The third-order valence-electron chi connectivity index (χ3n) is 1.37. The van der Waals surface area contributed by atoms with Crippen molar-refractivity contribution in [2.45, 2.75) is 20.0 Å². The fraction of sp³-hybridized carbons (Fsp3) is 0.300. The van der Waals surface area contributed by atoms with Gasteiger partial charge in [0.1, 0.15) is 6.10 Å². The van der Waals surface area contributed by atoms with Gasteiger partial charge in [0.2, 0.25) is 0 Å². The van der Waals surface area contributed by atoms with Crippen molar-refractivity contribution in [2.75, 3.05) is 0 Å². The topological polar surface area (TPSA) is 21.6 Å². The summed E-state index contributed by atoms with van der Waals surface area (Å²) in [6, 6.07) is 7.86. The molecule has 70 valence electrons. The van der Waals surface area contributed by atoms with Crippen LogP contribution in [-0.4, -0.2) is 12.3 Å². The molecular formula is C10H12BrNO. The molecule has 1 aromatic carbocycles. The summed E-state index contributed by atoms with van der Waals surface area (Å²) in [7, 11) is 0. The first-order chi connectivity index (χ1) is 6.20. The van der Waals surface area contributed by atoms with Crippen LogP contribution < -0.4 is 0 Å². The lowest BCUT2D eigenvalue weighted by atomic mass is 10.2. The minimum atomic E-state index is 0.124. The van der Waals surface area contributed by atoms with Crippen LogP contribution in [0.25, 0.3) is 0 Å². The predicted molar refractivity (Wildman–Crippen MR) is 58.0 cm³/mol. The molecule has 0 aliphatic rings. The van der Waals surface area contributed by atoms with E-state index in [-0.39, 0.29) is 6.10 Å². The molecule has 0 aliphatic carbocycles. The van der Waals surface area contributed by atoms with E-state index in [4.69, 9.17) is 4.84 Å². The van der Waals surface area contributed by atoms with Gasteiger partial charge in [-0.05, 0) is 19.9 Å². The van der Waals surface area contributed by atoms with Crippen LogP contribution in [-0.2, 0) is 4.84 Å².